The molecule has 3 N–H and O–H groups in total. The Morgan fingerprint density at radius 2 is 2.33 bits per heavy atom. The number of anilines is 1. The van der Waals surface area contributed by atoms with Gasteiger partial charge < -0.3 is 10.2 Å². The van der Waals surface area contributed by atoms with Crippen molar-refractivity contribution < 1.29 is 4.79 Å². The van der Waals surface area contributed by atoms with Crippen LogP contribution in [0.15, 0.2) is 18.3 Å². The summed E-state index contributed by atoms with van der Waals surface area (Å²) in [5.41, 5.74) is 7.75. The van der Waals surface area contributed by atoms with Gasteiger partial charge in [0, 0.05) is 58.6 Å². The standard InChI is InChI=1S/C17H28N6O/c1-18-16-13(5-4-7-19-16)11-23-8-6-12(10-23)15-14(9-20-21-15)17(24)22(2)3/h4-5,7,12,14-15,20-21H,6,8-11H2,1-3H3,(H,18,19). The van der Waals surface area contributed by atoms with Gasteiger partial charge in [0.1, 0.15) is 5.82 Å². The first kappa shape index (κ1) is 17.1. The number of aromatic nitrogens is 1. The van der Waals surface area contributed by atoms with Gasteiger partial charge in [-0.15, -0.1) is 0 Å². The van der Waals surface area contributed by atoms with Crippen LogP contribution in [0.4, 0.5) is 5.82 Å². The molecule has 3 rings (SSSR count). The molecule has 132 valence electrons. The van der Waals surface area contributed by atoms with Crippen LogP contribution in [0.1, 0.15) is 12.0 Å². The van der Waals surface area contributed by atoms with E-state index < -0.39 is 0 Å². The van der Waals surface area contributed by atoms with Gasteiger partial charge >= 0.3 is 0 Å². The van der Waals surface area contributed by atoms with E-state index in [1.54, 1.807) is 4.90 Å². The smallest absolute Gasteiger partial charge is 0.228 e. The Hall–Kier alpha value is -1.70. The van der Waals surface area contributed by atoms with Gasteiger partial charge in [-0.3, -0.25) is 20.5 Å². The largest absolute Gasteiger partial charge is 0.373 e. The van der Waals surface area contributed by atoms with Crippen LogP contribution in [0.2, 0.25) is 0 Å². The van der Waals surface area contributed by atoms with Gasteiger partial charge in [-0.2, -0.15) is 0 Å². The van der Waals surface area contributed by atoms with Crippen LogP contribution >= 0.6 is 0 Å². The van der Waals surface area contributed by atoms with E-state index in [2.05, 4.69) is 32.1 Å². The number of rotatable bonds is 5. The molecule has 0 spiro atoms. The highest BCUT2D eigenvalue weighted by molar-refractivity contribution is 5.79. The lowest BCUT2D eigenvalue weighted by atomic mass is 9.88. The van der Waals surface area contributed by atoms with Crippen LogP contribution < -0.4 is 16.2 Å². The van der Waals surface area contributed by atoms with Crippen molar-refractivity contribution in [3.8, 4) is 0 Å². The highest BCUT2D eigenvalue weighted by Crippen LogP contribution is 2.28. The molecule has 2 saturated heterocycles. The molecule has 3 unspecified atom stereocenters. The maximum Gasteiger partial charge on any atom is 0.228 e. The molecule has 1 aromatic heterocycles. The van der Waals surface area contributed by atoms with Crippen molar-refractivity contribution in [3.05, 3.63) is 23.9 Å². The van der Waals surface area contributed by atoms with Crippen molar-refractivity contribution in [2.45, 2.75) is 19.0 Å². The number of hydrazine groups is 1. The minimum absolute atomic E-state index is 0.0243. The molecule has 0 radical (unpaired) electrons. The molecule has 2 aliphatic heterocycles. The lowest BCUT2D eigenvalue weighted by Crippen LogP contribution is -2.44. The molecule has 3 atom stereocenters. The number of amides is 1. The fourth-order valence-corrected chi connectivity index (χ4v) is 3.86. The molecule has 0 bridgehead atoms. The molecule has 7 nitrogen and oxygen atoms in total. The fraction of sp³-hybridized carbons (Fsp3) is 0.647. The first-order valence-corrected chi connectivity index (χ1v) is 8.63. The molecule has 0 aromatic carbocycles. The minimum atomic E-state index is 0.0243. The number of hydrogen-bond acceptors (Lipinski definition) is 6. The lowest BCUT2D eigenvalue weighted by Gasteiger charge is -2.26. The van der Waals surface area contributed by atoms with Gasteiger partial charge in [0.25, 0.3) is 0 Å². The zero-order valence-corrected chi connectivity index (χ0v) is 14.7. The van der Waals surface area contributed by atoms with Crippen LogP contribution in [0.5, 0.6) is 0 Å². The second-order valence-electron chi connectivity index (χ2n) is 6.94. The average molecular weight is 332 g/mol. The van der Waals surface area contributed by atoms with Crippen molar-refractivity contribution in [2.75, 3.05) is 46.1 Å². The summed E-state index contributed by atoms with van der Waals surface area (Å²) in [6.45, 7) is 3.68. The van der Waals surface area contributed by atoms with E-state index in [1.165, 1.54) is 5.56 Å². The van der Waals surface area contributed by atoms with E-state index in [1.807, 2.05) is 33.4 Å². The number of pyridine rings is 1. The molecule has 1 aromatic rings. The zero-order valence-electron chi connectivity index (χ0n) is 14.7. The number of nitrogens with zero attached hydrogens (tertiary/aromatic N) is 3. The Kier molecular flexibility index (Phi) is 5.33. The fourth-order valence-electron chi connectivity index (χ4n) is 3.86. The molecular formula is C17H28N6O. The Balaban J connectivity index is 1.62. The van der Waals surface area contributed by atoms with E-state index in [0.717, 1.165) is 31.9 Å². The van der Waals surface area contributed by atoms with Crippen LogP contribution in [0, 0.1) is 11.8 Å². The van der Waals surface area contributed by atoms with Crippen molar-refractivity contribution in [1.82, 2.24) is 25.6 Å². The number of nitrogens with one attached hydrogen (secondary N) is 3. The third-order valence-electron chi connectivity index (χ3n) is 5.12. The van der Waals surface area contributed by atoms with Crippen LogP contribution in [-0.2, 0) is 11.3 Å². The van der Waals surface area contributed by atoms with Gasteiger partial charge in [0.2, 0.25) is 5.91 Å². The van der Waals surface area contributed by atoms with Gasteiger partial charge in [0.15, 0.2) is 0 Å². The van der Waals surface area contributed by atoms with Gasteiger partial charge in [-0.1, -0.05) is 6.07 Å². The minimum Gasteiger partial charge on any atom is -0.373 e. The quantitative estimate of drug-likeness (QED) is 0.712. The van der Waals surface area contributed by atoms with E-state index >= 15 is 0 Å². The number of hydrogen-bond donors (Lipinski definition) is 3. The second kappa shape index (κ2) is 7.46. The molecule has 0 aliphatic carbocycles. The summed E-state index contributed by atoms with van der Waals surface area (Å²) in [5, 5.41) is 3.16. The Labute approximate surface area is 143 Å². The Morgan fingerprint density at radius 3 is 3.08 bits per heavy atom. The molecule has 1 amide bonds. The summed E-state index contributed by atoms with van der Waals surface area (Å²) in [6, 6.07) is 4.32. The predicted octanol–water partition coefficient (Wildman–Crippen LogP) is 0.126. The van der Waals surface area contributed by atoms with Gasteiger partial charge in [0.05, 0.1) is 5.92 Å². The molecule has 7 heteroatoms. The normalized spacial score (nSPS) is 27.4. The molecule has 2 fully saturated rings. The van der Waals surface area contributed by atoms with Crippen molar-refractivity contribution >= 4 is 11.7 Å². The third-order valence-corrected chi connectivity index (χ3v) is 5.12. The van der Waals surface area contributed by atoms with Gasteiger partial charge in [-0.05, 0) is 24.9 Å². The molecule has 0 saturated carbocycles. The zero-order chi connectivity index (χ0) is 17.1. The maximum absolute atomic E-state index is 12.4. The van der Waals surface area contributed by atoms with Crippen molar-refractivity contribution in [1.29, 1.82) is 0 Å². The summed E-state index contributed by atoms with van der Waals surface area (Å²) < 4.78 is 0. The Bertz CT molecular complexity index is 578. The molecule has 3 heterocycles. The maximum atomic E-state index is 12.4. The Morgan fingerprint density at radius 1 is 1.50 bits per heavy atom. The van der Waals surface area contributed by atoms with E-state index in [9.17, 15) is 4.79 Å². The summed E-state index contributed by atoms with van der Waals surface area (Å²) in [5.74, 6) is 1.67. The third kappa shape index (κ3) is 3.53. The van der Waals surface area contributed by atoms with Crippen LogP contribution in [-0.4, -0.2) is 67.5 Å². The molecule has 2 aliphatic rings. The van der Waals surface area contributed by atoms with Crippen LogP contribution in [0.25, 0.3) is 0 Å². The summed E-state index contributed by atoms with van der Waals surface area (Å²) in [7, 11) is 5.57. The van der Waals surface area contributed by atoms with Gasteiger partial charge in [-0.25, -0.2) is 4.98 Å². The molecule has 24 heavy (non-hydrogen) atoms. The van der Waals surface area contributed by atoms with Crippen molar-refractivity contribution in [3.63, 3.8) is 0 Å². The summed E-state index contributed by atoms with van der Waals surface area (Å²) >= 11 is 0. The monoisotopic (exact) mass is 332 g/mol. The molecular weight excluding hydrogens is 304 g/mol. The first-order chi connectivity index (χ1) is 11.6. The highest BCUT2D eigenvalue weighted by atomic mass is 16.2. The number of likely N-dealkylation sites (tertiary alicyclic amines) is 1. The number of carbonyl (C=O) groups excluding carboxylic acids is 1. The van der Waals surface area contributed by atoms with E-state index in [4.69, 9.17) is 0 Å². The first-order valence-electron chi connectivity index (χ1n) is 8.63. The summed E-state index contributed by atoms with van der Waals surface area (Å²) in [4.78, 5) is 20.9. The second-order valence-corrected chi connectivity index (χ2v) is 6.94. The predicted molar refractivity (Wildman–Crippen MR) is 94.3 cm³/mol. The highest BCUT2D eigenvalue weighted by Gasteiger charge is 2.41. The van der Waals surface area contributed by atoms with Crippen molar-refractivity contribution in [2.24, 2.45) is 11.8 Å². The van der Waals surface area contributed by atoms with E-state index in [0.29, 0.717) is 12.5 Å². The average Bonchev–Trinajstić information content (AvgIpc) is 3.23. The number of carbonyl (C=O) groups is 1. The SMILES string of the molecule is CNc1ncccc1CN1CCC(C2NNCC2C(=O)N(C)C)C1. The topological polar surface area (TPSA) is 72.5 Å². The summed E-state index contributed by atoms with van der Waals surface area (Å²) in [6.07, 6.45) is 2.93. The lowest BCUT2D eigenvalue weighted by molar-refractivity contribution is -0.133. The van der Waals surface area contributed by atoms with Crippen LogP contribution in [0.3, 0.4) is 0 Å². The van der Waals surface area contributed by atoms with E-state index in [-0.39, 0.29) is 17.9 Å².